The van der Waals surface area contributed by atoms with Crippen LogP contribution in [-0.4, -0.2) is 31.9 Å². The topological polar surface area (TPSA) is 106 Å². The van der Waals surface area contributed by atoms with Crippen LogP contribution in [0.5, 0.6) is 11.5 Å². The summed E-state index contributed by atoms with van der Waals surface area (Å²) in [6.07, 6.45) is 1.57. The lowest BCUT2D eigenvalue weighted by Gasteiger charge is -2.18. The minimum atomic E-state index is -0.519. The average Bonchev–Trinajstić information content (AvgIpc) is 3.12. The van der Waals surface area contributed by atoms with Crippen molar-refractivity contribution in [2.45, 2.75) is 17.1 Å². The maximum Gasteiger partial charge on any atom is 0.272 e. The molecule has 242 valence electrons. The van der Waals surface area contributed by atoms with Crippen molar-refractivity contribution >= 4 is 46.9 Å². The lowest BCUT2D eigenvalue weighted by Crippen LogP contribution is -2.30. The van der Waals surface area contributed by atoms with Gasteiger partial charge in [-0.25, -0.2) is 0 Å². The number of benzene rings is 5. The highest BCUT2D eigenvalue weighted by molar-refractivity contribution is 8.00. The zero-order valence-corrected chi connectivity index (χ0v) is 27.5. The lowest BCUT2D eigenvalue weighted by atomic mass is 10.1. The molecule has 0 aromatic heterocycles. The maximum absolute atomic E-state index is 13.6. The van der Waals surface area contributed by atoms with Gasteiger partial charge in [-0.3, -0.25) is 14.4 Å². The molecule has 0 saturated carbocycles. The Morgan fingerprint density at radius 2 is 1.29 bits per heavy atom. The largest absolute Gasteiger partial charge is 0.493 e. The predicted molar refractivity (Wildman–Crippen MR) is 191 cm³/mol. The summed E-state index contributed by atoms with van der Waals surface area (Å²) in [6.45, 7) is 2.00. The van der Waals surface area contributed by atoms with Gasteiger partial charge in [0, 0.05) is 21.8 Å². The Kier molecular flexibility index (Phi) is 11.3. The van der Waals surface area contributed by atoms with E-state index in [0.717, 1.165) is 21.7 Å². The Morgan fingerprint density at radius 1 is 0.688 bits per heavy atom. The molecule has 0 saturated heterocycles. The first-order valence-electron chi connectivity index (χ1n) is 15.1. The Hall–Kier alpha value is -5.80. The third kappa shape index (κ3) is 8.92. The molecule has 3 amide bonds. The number of nitrogens with one attached hydrogen (secondary N) is 3. The van der Waals surface area contributed by atoms with Gasteiger partial charge in [-0.1, -0.05) is 72.3 Å². The minimum Gasteiger partial charge on any atom is -0.493 e. The summed E-state index contributed by atoms with van der Waals surface area (Å²) in [4.78, 5) is 40.9. The first-order chi connectivity index (χ1) is 23.3. The van der Waals surface area contributed by atoms with E-state index in [4.69, 9.17) is 9.47 Å². The molecule has 0 spiro atoms. The first-order valence-corrected chi connectivity index (χ1v) is 16.0. The van der Waals surface area contributed by atoms with Gasteiger partial charge in [0.2, 0.25) is 5.91 Å². The molecule has 3 N–H and O–H groups in total. The summed E-state index contributed by atoms with van der Waals surface area (Å²) in [5, 5.41) is 8.13. The van der Waals surface area contributed by atoms with E-state index in [1.54, 1.807) is 60.7 Å². The van der Waals surface area contributed by atoms with Gasteiger partial charge in [0.1, 0.15) is 10.9 Å². The Bertz CT molecular complexity index is 1890. The molecule has 0 heterocycles. The maximum atomic E-state index is 13.6. The normalized spacial score (nSPS) is 11.6. The van der Waals surface area contributed by atoms with Crippen molar-refractivity contribution in [2.75, 3.05) is 24.9 Å². The van der Waals surface area contributed by atoms with Gasteiger partial charge < -0.3 is 25.4 Å². The van der Waals surface area contributed by atoms with E-state index < -0.39 is 17.1 Å². The molecule has 1 atom stereocenters. The zero-order valence-electron chi connectivity index (χ0n) is 26.7. The first kappa shape index (κ1) is 33.6. The van der Waals surface area contributed by atoms with E-state index in [1.807, 2.05) is 79.7 Å². The van der Waals surface area contributed by atoms with Crippen LogP contribution in [0.4, 0.5) is 11.4 Å². The highest BCUT2D eigenvalue weighted by Crippen LogP contribution is 2.37. The molecule has 9 heteroatoms. The van der Waals surface area contributed by atoms with E-state index in [2.05, 4.69) is 16.0 Å². The average molecular weight is 658 g/mol. The van der Waals surface area contributed by atoms with E-state index in [-0.39, 0.29) is 11.6 Å². The number of amides is 3. The molecular formula is C39H35N3O5S. The summed E-state index contributed by atoms with van der Waals surface area (Å²) >= 11 is 1.41. The Labute approximate surface area is 284 Å². The Balaban J connectivity index is 1.35. The van der Waals surface area contributed by atoms with Gasteiger partial charge >= 0.3 is 0 Å². The SMILES string of the molecule is COc1ccc(/C=C(\NC(=O)c2ccccc2)C(=O)Nc2ccc(SC(C(=O)Nc3ccc(C)cc3)c3ccccc3)cc2)cc1OC. The molecule has 5 rings (SSSR count). The Morgan fingerprint density at radius 3 is 1.94 bits per heavy atom. The van der Waals surface area contributed by atoms with E-state index in [1.165, 1.54) is 26.0 Å². The van der Waals surface area contributed by atoms with Crippen molar-refractivity contribution in [1.29, 1.82) is 0 Å². The van der Waals surface area contributed by atoms with Gasteiger partial charge in [0.05, 0.1) is 14.2 Å². The van der Waals surface area contributed by atoms with Crippen molar-refractivity contribution in [3.63, 3.8) is 0 Å². The fraction of sp³-hybridized carbons (Fsp3) is 0.103. The zero-order chi connectivity index (χ0) is 33.9. The van der Waals surface area contributed by atoms with Gasteiger partial charge in [-0.15, -0.1) is 11.8 Å². The van der Waals surface area contributed by atoms with Crippen LogP contribution in [0.15, 0.2) is 138 Å². The second-order valence-electron chi connectivity index (χ2n) is 10.7. The fourth-order valence-electron chi connectivity index (χ4n) is 4.75. The van der Waals surface area contributed by atoms with Crippen molar-refractivity contribution in [3.8, 4) is 11.5 Å². The number of anilines is 2. The van der Waals surface area contributed by atoms with E-state index in [0.29, 0.717) is 28.3 Å². The second-order valence-corrected chi connectivity index (χ2v) is 11.9. The van der Waals surface area contributed by atoms with Crippen molar-refractivity contribution < 1.29 is 23.9 Å². The van der Waals surface area contributed by atoms with Gasteiger partial charge in [0.15, 0.2) is 11.5 Å². The molecule has 0 radical (unpaired) electrons. The summed E-state index contributed by atoms with van der Waals surface area (Å²) in [5.41, 5.74) is 4.27. The number of carbonyl (C=O) groups is 3. The van der Waals surface area contributed by atoms with Crippen LogP contribution in [0.1, 0.15) is 32.3 Å². The molecule has 5 aromatic rings. The van der Waals surface area contributed by atoms with Crippen LogP contribution >= 0.6 is 11.8 Å². The quantitative estimate of drug-likeness (QED) is 0.0931. The summed E-state index contributed by atoms with van der Waals surface area (Å²) in [5.74, 6) is -0.0790. The monoisotopic (exact) mass is 657 g/mol. The van der Waals surface area contributed by atoms with Crippen molar-refractivity contribution in [1.82, 2.24) is 5.32 Å². The molecule has 5 aromatic carbocycles. The van der Waals surface area contributed by atoms with Crippen LogP contribution in [-0.2, 0) is 9.59 Å². The molecule has 0 fully saturated rings. The molecule has 1 unspecified atom stereocenters. The fourth-order valence-corrected chi connectivity index (χ4v) is 5.77. The van der Waals surface area contributed by atoms with E-state index >= 15 is 0 Å². The van der Waals surface area contributed by atoms with Crippen LogP contribution in [0, 0.1) is 6.92 Å². The molecule has 0 aliphatic heterocycles. The number of rotatable bonds is 12. The van der Waals surface area contributed by atoms with Crippen molar-refractivity contribution in [3.05, 3.63) is 155 Å². The highest BCUT2D eigenvalue weighted by Gasteiger charge is 2.23. The molecule has 0 aliphatic carbocycles. The molecule has 0 bridgehead atoms. The third-order valence-electron chi connectivity index (χ3n) is 7.27. The number of thioether (sulfide) groups is 1. The molecular weight excluding hydrogens is 623 g/mol. The van der Waals surface area contributed by atoms with E-state index in [9.17, 15) is 14.4 Å². The van der Waals surface area contributed by atoms with Crippen LogP contribution < -0.4 is 25.4 Å². The number of ether oxygens (including phenoxy) is 2. The smallest absolute Gasteiger partial charge is 0.272 e. The standard InChI is InChI=1S/C39H35N3O5S/c1-26-14-17-30(18-15-26)41-39(45)36(28-10-6-4-7-11-28)48-32-21-19-31(20-22-32)40-38(44)33(42-37(43)29-12-8-5-9-13-29)24-27-16-23-34(46-2)35(25-27)47-3/h4-25,36H,1-3H3,(H,40,44)(H,41,45)(H,42,43)/b33-24-. The lowest BCUT2D eigenvalue weighted by molar-refractivity contribution is -0.116. The number of methoxy groups -OCH3 is 2. The van der Waals surface area contributed by atoms with Crippen molar-refractivity contribution in [2.24, 2.45) is 0 Å². The summed E-state index contributed by atoms with van der Waals surface area (Å²) < 4.78 is 10.7. The molecule has 0 aliphatic rings. The number of hydrogen-bond acceptors (Lipinski definition) is 6. The van der Waals surface area contributed by atoms with Crippen LogP contribution in [0.3, 0.4) is 0 Å². The van der Waals surface area contributed by atoms with Crippen LogP contribution in [0.2, 0.25) is 0 Å². The summed E-state index contributed by atoms with van der Waals surface area (Å²) in [7, 11) is 3.06. The van der Waals surface area contributed by atoms with Crippen LogP contribution in [0.25, 0.3) is 6.08 Å². The van der Waals surface area contributed by atoms with Gasteiger partial charge in [-0.2, -0.15) is 0 Å². The summed E-state index contributed by atoms with van der Waals surface area (Å²) in [6, 6.07) is 38.3. The second kappa shape index (κ2) is 16.2. The van der Waals surface area contributed by atoms with Gasteiger partial charge in [-0.05, 0) is 84.8 Å². The number of hydrogen-bond donors (Lipinski definition) is 3. The molecule has 48 heavy (non-hydrogen) atoms. The number of carbonyl (C=O) groups excluding carboxylic acids is 3. The highest BCUT2D eigenvalue weighted by atomic mass is 32.2. The third-order valence-corrected chi connectivity index (χ3v) is 8.54. The molecule has 8 nitrogen and oxygen atoms in total. The van der Waals surface area contributed by atoms with Gasteiger partial charge in [0.25, 0.3) is 11.8 Å². The number of aryl methyl sites for hydroxylation is 1. The minimum absolute atomic E-state index is 0.0337. The predicted octanol–water partition coefficient (Wildman–Crippen LogP) is 7.89.